The Labute approximate surface area is 128 Å². The highest BCUT2D eigenvalue weighted by molar-refractivity contribution is 5.77. The van der Waals surface area contributed by atoms with E-state index in [-0.39, 0.29) is 18.6 Å². The molecule has 2 rings (SSSR count). The van der Waals surface area contributed by atoms with E-state index < -0.39 is 0 Å². The van der Waals surface area contributed by atoms with Crippen LogP contribution in [0, 0.1) is 0 Å². The fourth-order valence-electron chi connectivity index (χ4n) is 3.07. The van der Waals surface area contributed by atoms with Crippen LogP contribution in [-0.4, -0.2) is 74.4 Å². The zero-order chi connectivity index (χ0) is 14.9. The number of ether oxygens (including phenoxy) is 2. The number of carbonyl (C=O) groups excluding carboxylic acids is 1. The Morgan fingerprint density at radius 1 is 1.19 bits per heavy atom. The van der Waals surface area contributed by atoms with Gasteiger partial charge in [0.2, 0.25) is 5.91 Å². The summed E-state index contributed by atoms with van der Waals surface area (Å²) in [6.45, 7) is 8.73. The van der Waals surface area contributed by atoms with Crippen LogP contribution in [0.5, 0.6) is 0 Å². The van der Waals surface area contributed by atoms with Gasteiger partial charge in [-0.2, -0.15) is 0 Å². The molecule has 5 nitrogen and oxygen atoms in total. The van der Waals surface area contributed by atoms with Crippen molar-refractivity contribution in [2.24, 2.45) is 0 Å². The van der Waals surface area contributed by atoms with Gasteiger partial charge in [0.1, 0.15) is 6.61 Å². The zero-order valence-corrected chi connectivity index (χ0v) is 13.4. The van der Waals surface area contributed by atoms with Crippen molar-refractivity contribution in [3.63, 3.8) is 0 Å². The van der Waals surface area contributed by atoms with Gasteiger partial charge in [0.15, 0.2) is 0 Å². The molecular formula is C16H30N2O3. The molecule has 0 unspecified atom stereocenters. The topological polar surface area (TPSA) is 42.0 Å². The second kappa shape index (κ2) is 9.38. The Morgan fingerprint density at radius 3 is 2.86 bits per heavy atom. The summed E-state index contributed by atoms with van der Waals surface area (Å²) in [5.74, 6) is 0.129. The first-order chi connectivity index (χ1) is 10.3. The smallest absolute Gasteiger partial charge is 0.248 e. The maximum atomic E-state index is 12.2. The molecule has 1 amide bonds. The molecule has 2 heterocycles. The summed E-state index contributed by atoms with van der Waals surface area (Å²) in [5, 5.41) is 0. The van der Waals surface area contributed by atoms with E-state index in [2.05, 4.69) is 11.8 Å². The van der Waals surface area contributed by atoms with Crippen molar-refractivity contribution in [1.82, 2.24) is 9.80 Å². The molecular weight excluding hydrogens is 268 g/mol. The lowest BCUT2D eigenvalue weighted by Crippen LogP contribution is -2.38. The third-order valence-corrected chi connectivity index (χ3v) is 4.28. The molecule has 2 aliphatic heterocycles. The summed E-state index contributed by atoms with van der Waals surface area (Å²) in [7, 11) is 0. The van der Waals surface area contributed by atoms with E-state index in [0.29, 0.717) is 6.61 Å². The van der Waals surface area contributed by atoms with Crippen LogP contribution in [0.3, 0.4) is 0 Å². The maximum absolute atomic E-state index is 12.2. The van der Waals surface area contributed by atoms with Crippen LogP contribution in [0.1, 0.15) is 39.0 Å². The fourth-order valence-corrected chi connectivity index (χ4v) is 3.07. The predicted octanol–water partition coefficient (Wildman–Crippen LogP) is 1.52. The van der Waals surface area contributed by atoms with Crippen molar-refractivity contribution in [1.29, 1.82) is 0 Å². The lowest BCUT2D eigenvalue weighted by molar-refractivity contribution is -0.138. The molecule has 0 aromatic carbocycles. The standard InChI is InChI=1S/C16H30N2O3/c1-2-7-17-8-5-9-18(11-10-17)16(19)14-20-13-15-6-3-4-12-21-15/h15H,2-14H2,1H3/t15-/m1/s1. The molecule has 0 saturated carbocycles. The molecule has 2 saturated heterocycles. The maximum Gasteiger partial charge on any atom is 0.248 e. The molecule has 0 aromatic heterocycles. The molecule has 0 N–H and O–H groups in total. The number of hydrogen-bond acceptors (Lipinski definition) is 4. The van der Waals surface area contributed by atoms with Gasteiger partial charge < -0.3 is 19.3 Å². The van der Waals surface area contributed by atoms with Crippen molar-refractivity contribution in [2.75, 3.05) is 52.5 Å². The number of nitrogens with zero attached hydrogens (tertiary/aromatic N) is 2. The zero-order valence-electron chi connectivity index (χ0n) is 13.4. The van der Waals surface area contributed by atoms with Gasteiger partial charge in [-0.15, -0.1) is 0 Å². The first-order valence-electron chi connectivity index (χ1n) is 8.49. The molecule has 122 valence electrons. The van der Waals surface area contributed by atoms with Crippen molar-refractivity contribution < 1.29 is 14.3 Å². The molecule has 2 aliphatic rings. The number of rotatable bonds is 6. The average Bonchev–Trinajstić information content (AvgIpc) is 2.74. The predicted molar refractivity (Wildman–Crippen MR) is 82.3 cm³/mol. The van der Waals surface area contributed by atoms with Gasteiger partial charge in [-0.3, -0.25) is 4.79 Å². The number of carbonyl (C=O) groups is 1. The minimum atomic E-state index is 0.129. The lowest BCUT2D eigenvalue weighted by atomic mass is 10.1. The van der Waals surface area contributed by atoms with Crippen LogP contribution in [0.15, 0.2) is 0 Å². The van der Waals surface area contributed by atoms with Gasteiger partial charge in [-0.25, -0.2) is 0 Å². The molecule has 5 heteroatoms. The van der Waals surface area contributed by atoms with Gasteiger partial charge in [0.05, 0.1) is 12.7 Å². The third-order valence-electron chi connectivity index (χ3n) is 4.28. The monoisotopic (exact) mass is 298 g/mol. The minimum Gasteiger partial charge on any atom is -0.376 e. The van der Waals surface area contributed by atoms with E-state index in [1.807, 2.05) is 4.90 Å². The first-order valence-corrected chi connectivity index (χ1v) is 8.49. The SMILES string of the molecule is CCCN1CCCN(C(=O)COC[C@H]2CCCCO2)CC1. The minimum absolute atomic E-state index is 0.129. The molecule has 0 spiro atoms. The Bertz CT molecular complexity index is 306. The van der Waals surface area contributed by atoms with E-state index in [1.54, 1.807) is 0 Å². The van der Waals surface area contributed by atoms with Crippen molar-refractivity contribution >= 4 is 5.91 Å². The first kappa shape index (κ1) is 16.7. The van der Waals surface area contributed by atoms with Gasteiger partial charge in [-0.1, -0.05) is 6.92 Å². The summed E-state index contributed by atoms with van der Waals surface area (Å²) >= 11 is 0. The van der Waals surface area contributed by atoms with Crippen molar-refractivity contribution in [3.05, 3.63) is 0 Å². The number of amides is 1. The van der Waals surface area contributed by atoms with Gasteiger partial charge >= 0.3 is 0 Å². The number of hydrogen-bond donors (Lipinski definition) is 0. The molecule has 21 heavy (non-hydrogen) atoms. The van der Waals surface area contributed by atoms with Crippen LogP contribution >= 0.6 is 0 Å². The van der Waals surface area contributed by atoms with Gasteiger partial charge in [0, 0.05) is 26.2 Å². The summed E-state index contributed by atoms with van der Waals surface area (Å²) < 4.78 is 11.2. The molecule has 1 atom stereocenters. The molecule has 2 fully saturated rings. The highest BCUT2D eigenvalue weighted by atomic mass is 16.5. The van der Waals surface area contributed by atoms with Crippen LogP contribution in [0.2, 0.25) is 0 Å². The highest BCUT2D eigenvalue weighted by Crippen LogP contribution is 2.12. The Balaban J connectivity index is 1.63. The van der Waals surface area contributed by atoms with E-state index in [0.717, 1.165) is 58.6 Å². The third kappa shape index (κ3) is 5.93. The van der Waals surface area contributed by atoms with E-state index >= 15 is 0 Å². The lowest BCUT2D eigenvalue weighted by Gasteiger charge is -2.24. The summed E-state index contributed by atoms with van der Waals surface area (Å²) in [6, 6.07) is 0. The van der Waals surface area contributed by atoms with E-state index in [4.69, 9.17) is 9.47 Å². The van der Waals surface area contributed by atoms with E-state index in [9.17, 15) is 4.79 Å². The van der Waals surface area contributed by atoms with Crippen LogP contribution < -0.4 is 0 Å². The largest absolute Gasteiger partial charge is 0.376 e. The van der Waals surface area contributed by atoms with Crippen molar-refractivity contribution in [2.45, 2.75) is 45.1 Å². The normalized spacial score (nSPS) is 24.8. The average molecular weight is 298 g/mol. The van der Waals surface area contributed by atoms with Gasteiger partial charge in [-0.05, 0) is 45.2 Å². The second-order valence-corrected chi connectivity index (χ2v) is 6.08. The highest BCUT2D eigenvalue weighted by Gasteiger charge is 2.20. The summed E-state index contributed by atoms with van der Waals surface area (Å²) in [5.41, 5.74) is 0. The van der Waals surface area contributed by atoms with Crippen LogP contribution in [0.4, 0.5) is 0 Å². The molecule has 0 bridgehead atoms. The second-order valence-electron chi connectivity index (χ2n) is 6.08. The molecule has 0 aromatic rings. The summed E-state index contributed by atoms with van der Waals surface area (Å²) in [6.07, 6.45) is 5.86. The molecule has 0 radical (unpaired) electrons. The van der Waals surface area contributed by atoms with E-state index in [1.165, 1.54) is 12.8 Å². The van der Waals surface area contributed by atoms with Gasteiger partial charge in [0.25, 0.3) is 0 Å². The van der Waals surface area contributed by atoms with Crippen LogP contribution in [-0.2, 0) is 14.3 Å². The quantitative estimate of drug-likeness (QED) is 0.745. The molecule has 0 aliphatic carbocycles. The Morgan fingerprint density at radius 2 is 2.10 bits per heavy atom. The Kier molecular flexibility index (Phi) is 7.47. The van der Waals surface area contributed by atoms with Crippen LogP contribution in [0.25, 0.3) is 0 Å². The Hall–Kier alpha value is -0.650. The summed E-state index contributed by atoms with van der Waals surface area (Å²) in [4.78, 5) is 16.6. The fraction of sp³-hybridized carbons (Fsp3) is 0.938. The van der Waals surface area contributed by atoms with Crippen molar-refractivity contribution in [3.8, 4) is 0 Å².